The SMILES string of the molecule is COc1ccc(OCc2cccnc2N)c(C(C)(C)C)c1. The number of pyridine rings is 1. The summed E-state index contributed by atoms with van der Waals surface area (Å²) in [6.07, 6.45) is 1.67. The molecule has 21 heavy (non-hydrogen) atoms. The standard InChI is InChI=1S/C17H22N2O2/c1-17(2,3)14-10-13(20-4)7-8-15(14)21-11-12-6-5-9-19-16(12)18/h5-10H,11H2,1-4H3,(H2,18,19). The highest BCUT2D eigenvalue weighted by Crippen LogP contribution is 2.34. The van der Waals surface area contributed by atoms with E-state index in [1.54, 1.807) is 13.3 Å². The Labute approximate surface area is 125 Å². The van der Waals surface area contributed by atoms with Crippen LogP contribution in [0.3, 0.4) is 0 Å². The van der Waals surface area contributed by atoms with Crippen molar-refractivity contribution in [1.82, 2.24) is 4.98 Å². The molecule has 1 aromatic heterocycles. The highest BCUT2D eigenvalue weighted by molar-refractivity contribution is 5.45. The number of nitrogens with two attached hydrogens (primary N) is 1. The lowest BCUT2D eigenvalue weighted by molar-refractivity contribution is 0.297. The summed E-state index contributed by atoms with van der Waals surface area (Å²) in [5.74, 6) is 2.17. The predicted octanol–water partition coefficient (Wildman–Crippen LogP) is 3.55. The van der Waals surface area contributed by atoms with Crippen molar-refractivity contribution in [2.24, 2.45) is 0 Å². The first-order valence-electron chi connectivity index (χ1n) is 6.92. The highest BCUT2D eigenvalue weighted by Gasteiger charge is 2.20. The minimum Gasteiger partial charge on any atom is -0.497 e. The third-order valence-corrected chi connectivity index (χ3v) is 3.30. The Bertz CT molecular complexity index is 618. The van der Waals surface area contributed by atoms with Gasteiger partial charge in [0.05, 0.1) is 7.11 Å². The summed E-state index contributed by atoms with van der Waals surface area (Å²) in [6.45, 7) is 6.84. The number of anilines is 1. The lowest BCUT2D eigenvalue weighted by Crippen LogP contribution is -2.14. The molecule has 0 fully saturated rings. The zero-order chi connectivity index (χ0) is 15.5. The molecular formula is C17H22N2O2. The quantitative estimate of drug-likeness (QED) is 0.933. The average Bonchev–Trinajstić information content (AvgIpc) is 2.45. The van der Waals surface area contributed by atoms with E-state index in [0.29, 0.717) is 12.4 Å². The van der Waals surface area contributed by atoms with Gasteiger partial charge in [-0.3, -0.25) is 0 Å². The predicted molar refractivity (Wildman–Crippen MR) is 84.7 cm³/mol. The fourth-order valence-corrected chi connectivity index (χ4v) is 2.08. The summed E-state index contributed by atoms with van der Waals surface area (Å²) in [4.78, 5) is 4.07. The molecule has 112 valence electrons. The molecule has 0 aliphatic carbocycles. The monoisotopic (exact) mass is 286 g/mol. The Morgan fingerprint density at radius 2 is 1.95 bits per heavy atom. The van der Waals surface area contributed by atoms with Gasteiger partial charge in [-0.05, 0) is 29.7 Å². The van der Waals surface area contributed by atoms with Crippen molar-refractivity contribution >= 4 is 5.82 Å². The molecule has 4 heteroatoms. The number of ether oxygens (including phenoxy) is 2. The van der Waals surface area contributed by atoms with E-state index in [1.165, 1.54) is 0 Å². The minimum absolute atomic E-state index is 0.0373. The smallest absolute Gasteiger partial charge is 0.129 e. The third kappa shape index (κ3) is 3.66. The van der Waals surface area contributed by atoms with Gasteiger partial charge in [-0.1, -0.05) is 26.8 Å². The summed E-state index contributed by atoms with van der Waals surface area (Å²) in [5.41, 5.74) is 7.79. The van der Waals surface area contributed by atoms with E-state index < -0.39 is 0 Å². The van der Waals surface area contributed by atoms with Crippen molar-refractivity contribution in [3.63, 3.8) is 0 Å². The van der Waals surface area contributed by atoms with Crippen LogP contribution in [0.25, 0.3) is 0 Å². The number of hydrogen-bond acceptors (Lipinski definition) is 4. The van der Waals surface area contributed by atoms with Gasteiger partial charge in [-0.15, -0.1) is 0 Å². The van der Waals surface area contributed by atoms with Crippen molar-refractivity contribution in [2.45, 2.75) is 32.8 Å². The molecule has 0 saturated carbocycles. The van der Waals surface area contributed by atoms with Crippen LogP contribution in [0, 0.1) is 0 Å². The first kappa shape index (κ1) is 15.2. The van der Waals surface area contributed by atoms with Gasteiger partial charge >= 0.3 is 0 Å². The van der Waals surface area contributed by atoms with Gasteiger partial charge in [-0.2, -0.15) is 0 Å². The maximum absolute atomic E-state index is 5.95. The molecular weight excluding hydrogens is 264 g/mol. The zero-order valence-electron chi connectivity index (χ0n) is 13.0. The molecule has 1 aromatic carbocycles. The third-order valence-electron chi connectivity index (χ3n) is 3.30. The van der Waals surface area contributed by atoms with Crippen LogP contribution in [0.4, 0.5) is 5.82 Å². The Morgan fingerprint density at radius 3 is 2.57 bits per heavy atom. The second-order valence-corrected chi connectivity index (χ2v) is 5.95. The molecule has 0 aliphatic rings. The Hall–Kier alpha value is -2.23. The van der Waals surface area contributed by atoms with Crippen LogP contribution in [0.1, 0.15) is 31.9 Å². The maximum Gasteiger partial charge on any atom is 0.129 e. The molecule has 0 radical (unpaired) electrons. The summed E-state index contributed by atoms with van der Waals surface area (Å²) in [5, 5.41) is 0. The van der Waals surface area contributed by atoms with Crippen LogP contribution >= 0.6 is 0 Å². The van der Waals surface area contributed by atoms with Crippen LogP contribution in [0.2, 0.25) is 0 Å². The maximum atomic E-state index is 5.95. The van der Waals surface area contributed by atoms with Crippen LogP contribution < -0.4 is 15.2 Å². The topological polar surface area (TPSA) is 57.4 Å². The van der Waals surface area contributed by atoms with E-state index in [2.05, 4.69) is 25.8 Å². The molecule has 0 aliphatic heterocycles. The average molecular weight is 286 g/mol. The molecule has 0 unspecified atom stereocenters. The van der Waals surface area contributed by atoms with Gasteiger partial charge in [0, 0.05) is 17.3 Å². The van der Waals surface area contributed by atoms with E-state index in [-0.39, 0.29) is 5.41 Å². The Morgan fingerprint density at radius 1 is 1.19 bits per heavy atom. The molecule has 0 spiro atoms. The summed E-state index contributed by atoms with van der Waals surface area (Å²) in [7, 11) is 1.67. The van der Waals surface area contributed by atoms with Gasteiger partial charge in [0.2, 0.25) is 0 Å². The van der Waals surface area contributed by atoms with Crippen molar-refractivity contribution in [1.29, 1.82) is 0 Å². The first-order chi connectivity index (χ1) is 9.91. The molecule has 0 atom stereocenters. The molecule has 2 aromatic rings. The number of nitrogen functional groups attached to an aromatic ring is 1. The number of rotatable bonds is 4. The lowest BCUT2D eigenvalue weighted by Gasteiger charge is -2.23. The summed E-state index contributed by atoms with van der Waals surface area (Å²) in [6, 6.07) is 9.63. The van der Waals surface area contributed by atoms with Crippen LogP contribution in [-0.2, 0) is 12.0 Å². The number of nitrogens with zero attached hydrogens (tertiary/aromatic N) is 1. The molecule has 0 amide bonds. The largest absolute Gasteiger partial charge is 0.497 e. The molecule has 0 bridgehead atoms. The van der Waals surface area contributed by atoms with Crippen LogP contribution in [0.5, 0.6) is 11.5 Å². The van der Waals surface area contributed by atoms with Crippen molar-refractivity contribution < 1.29 is 9.47 Å². The van der Waals surface area contributed by atoms with E-state index in [0.717, 1.165) is 22.6 Å². The molecule has 0 saturated heterocycles. The zero-order valence-corrected chi connectivity index (χ0v) is 13.0. The normalized spacial score (nSPS) is 11.2. The number of aromatic nitrogens is 1. The van der Waals surface area contributed by atoms with E-state index in [9.17, 15) is 0 Å². The molecule has 1 heterocycles. The fourth-order valence-electron chi connectivity index (χ4n) is 2.08. The summed E-state index contributed by atoms with van der Waals surface area (Å²) < 4.78 is 11.3. The van der Waals surface area contributed by atoms with E-state index in [1.807, 2.05) is 30.3 Å². The molecule has 2 rings (SSSR count). The van der Waals surface area contributed by atoms with E-state index in [4.69, 9.17) is 15.2 Å². The van der Waals surface area contributed by atoms with Gasteiger partial charge in [0.1, 0.15) is 23.9 Å². The first-order valence-corrected chi connectivity index (χ1v) is 6.92. The number of hydrogen-bond donors (Lipinski definition) is 1. The van der Waals surface area contributed by atoms with Crippen LogP contribution in [0.15, 0.2) is 36.5 Å². The van der Waals surface area contributed by atoms with Crippen LogP contribution in [-0.4, -0.2) is 12.1 Å². The second-order valence-electron chi connectivity index (χ2n) is 5.95. The fraction of sp³-hybridized carbons (Fsp3) is 0.353. The van der Waals surface area contributed by atoms with Gasteiger partial charge in [0.15, 0.2) is 0 Å². The van der Waals surface area contributed by atoms with E-state index >= 15 is 0 Å². The summed E-state index contributed by atoms with van der Waals surface area (Å²) >= 11 is 0. The van der Waals surface area contributed by atoms with Gasteiger partial charge in [-0.25, -0.2) is 4.98 Å². The van der Waals surface area contributed by atoms with Crippen molar-refractivity contribution in [3.05, 3.63) is 47.7 Å². The van der Waals surface area contributed by atoms with Gasteiger partial charge in [0.25, 0.3) is 0 Å². The Kier molecular flexibility index (Phi) is 4.36. The number of methoxy groups -OCH3 is 1. The molecule has 4 nitrogen and oxygen atoms in total. The minimum atomic E-state index is -0.0373. The second kappa shape index (κ2) is 6.04. The van der Waals surface area contributed by atoms with Crippen molar-refractivity contribution in [2.75, 3.05) is 12.8 Å². The highest BCUT2D eigenvalue weighted by atomic mass is 16.5. The Balaban J connectivity index is 2.26. The number of benzene rings is 1. The lowest BCUT2D eigenvalue weighted by atomic mass is 9.86. The van der Waals surface area contributed by atoms with Crippen molar-refractivity contribution in [3.8, 4) is 11.5 Å². The van der Waals surface area contributed by atoms with Gasteiger partial charge < -0.3 is 15.2 Å². The molecule has 2 N–H and O–H groups in total.